The first-order valence-corrected chi connectivity index (χ1v) is 9.04. The van der Waals surface area contributed by atoms with E-state index in [9.17, 15) is 10.1 Å². The highest BCUT2D eigenvalue weighted by Gasteiger charge is 2.31. The minimum Gasteiger partial charge on any atom is -0.381 e. The number of likely N-dealkylation sites (tertiary alicyclic amines) is 1. The van der Waals surface area contributed by atoms with Crippen molar-refractivity contribution < 1.29 is 9.53 Å². The lowest BCUT2D eigenvalue weighted by atomic mass is 10.0. The van der Waals surface area contributed by atoms with Gasteiger partial charge in [0, 0.05) is 38.2 Å². The molecule has 3 N–H and O–H groups in total. The van der Waals surface area contributed by atoms with Gasteiger partial charge >= 0.3 is 0 Å². The maximum Gasteiger partial charge on any atom is 0.259 e. The Morgan fingerprint density at radius 3 is 3.04 bits per heavy atom. The largest absolute Gasteiger partial charge is 0.381 e. The van der Waals surface area contributed by atoms with Gasteiger partial charge in [0.05, 0.1) is 24.1 Å². The van der Waals surface area contributed by atoms with Crippen molar-refractivity contribution >= 4 is 17.4 Å². The summed E-state index contributed by atoms with van der Waals surface area (Å²) in [5.74, 6) is -0.484. The summed E-state index contributed by atoms with van der Waals surface area (Å²) in [5, 5.41) is 16.5. The van der Waals surface area contributed by atoms with E-state index in [1.165, 1.54) is 4.52 Å². The third kappa shape index (κ3) is 3.72. The molecule has 144 valence electrons. The highest BCUT2D eigenvalue weighted by atomic mass is 16.5. The molecular formula is C18H25N7O2. The van der Waals surface area contributed by atoms with Crippen LogP contribution in [0.5, 0.6) is 0 Å². The van der Waals surface area contributed by atoms with Crippen LogP contribution in [-0.4, -0.2) is 64.8 Å². The first kappa shape index (κ1) is 19.1. The van der Waals surface area contributed by atoms with Gasteiger partial charge in [0.25, 0.3) is 5.91 Å². The van der Waals surface area contributed by atoms with E-state index >= 15 is 0 Å². The number of piperidine rings is 1. The maximum absolute atomic E-state index is 12.9. The molecule has 0 bridgehead atoms. The van der Waals surface area contributed by atoms with Crippen LogP contribution < -0.4 is 11.1 Å². The van der Waals surface area contributed by atoms with Gasteiger partial charge in [0.15, 0.2) is 11.5 Å². The van der Waals surface area contributed by atoms with E-state index in [1.807, 2.05) is 14.0 Å². The van der Waals surface area contributed by atoms with Crippen molar-refractivity contribution in [1.82, 2.24) is 24.8 Å². The van der Waals surface area contributed by atoms with Crippen molar-refractivity contribution in [1.29, 1.82) is 5.26 Å². The molecule has 2 aromatic rings. The zero-order valence-electron chi connectivity index (χ0n) is 15.8. The number of hydrogen-bond acceptors (Lipinski definition) is 7. The minimum atomic E-state index is -0.322. The summed E-state index contributed by atoms with van der Waals surface area (Å²) in [6.07, 6.45) is 4.78. The Morgan fingerprint density at radius 2 is 2.37 bits per heavy atom. The van der Waals surface area contributed by atoms with E-state index in [1.54, 1.807) is 19.5 Å². The van der Waals surface area contributed by atoms with Crippen LogP contribution in [-0.2, 0) is 4.74 Å². The molecule has 1 amide bonds. The number of likely N-dealkylation sites (N-methyl/N-ethyl adjacent to an activating group) is 1. The quantitative estimate of drug-likeness (QED) is 0.796. The first-order valence-electron chi connectivity index (χ1n) is 9.04. The number of rotatable bonds is 5. The molecule has 0 radical (unpaired) electrons. The van der Waals surface area contributed by atoms with Crippen LogP contribution in [0.4, 0.5) is 5.82 Å². The Bertz CT molecular complexity index is 872. The topological polar surface area (TPSA) is 122 Å². The number of carbonyl (C=O) groups excluding carboxylic acids is 1. The normalized spacial score (nSPS) is 21.7. The summed E-state index contributed by atoms with van der Waals surface area (Å²) in [5.41, 5.74) is 7.37. The van der Waals surface area contributed by atoms with Crippen LogP contribution in [0.25, 0.3) is 5.65 Å². The van der Waals surface area contributed by atoms with Gasteiger partial charge in [-0.25, -0.2) is 9.50 Å². The van der Waals surface area contributed by atoms with Crippen LogP contribution in [0.15, 0.2) is 12.4 Å². The fourth-order valence-electron chi connectivity index (χ4n) is 3.52. The highest BCUT2D eigenvalue weighted by molar-refractivity contribution is 6.04. The number of nitrogen functional groups attached to an aromatic ring is 1. The zero-order chi connectivity index (χ0) is 19.6. The van der Waals surface area contributed by atoms with Gasteiger partial charge in [-0.2, -0.15) is 5.26 Å². The molecule has 1 aliphatic heterocycles. The summed E-state index contributed by atoms with van der Waals surface area (Å²) >= 11 is 0. The number of carbonyl (C=O) groups is 1. The predicted octanol–water partition coefficient (Wildman–Crippen LogP) is 0.778. The Balaban J connectivity index is 1.88. The van der Waals surface area contributed by atoms with E-state index in [2.05, 4.69) is 26.4 Å². The number of nitrogens with one attached hydrogen (secondary N) is 1. The van der Waals surface area contributed by atoms with E-state index in [4.69, 9.17) is 10.5 Å². The van der Waals surface area contributed by atoms with Crippen molar-refractivity contribution in [2.24, 2.45) is 0 Å². The number of nitrogens with two attached hydrogens (primary N) is 1. The van der Waals surface area contributed by atoms with Gasteiger partial charge in [0.1, 0.15) is 5.56 Å². The summed E-state index contributed by atoms with van der Waals surface area (Å²) in [6.45, 7) is 3.55. The Labute approximate surface area is 158 Å². The number of amides is 1. The fraction of sp³-hybridized carbons (Fsp3) is 0.556. The molecule has 2 aromatic heterocycles. The molecule has 0 aromatic carbocycles. The van der Waals surface area contributed by atoms with Crippen molar-refractivity contribution in [3.05, 3.63) is 23.5 Å². The summed E-state index contributed by atoms with van der Waals surface area (Å²) in [7, 11) is 3.67. The number of ether oxygens (including phenoxy) is 1. The molecule has 27 heavy (non-hydrogen) atoms. The number of aromatic nitrogens is 3. The zero-order valence-corrected chi connectivity index (χ0v) is 15.8. The Kier molecular flexibility index (Phi) is 5.58. The molecular weight excluding hydrogens is 346 g/mol. The number of hydrogen-bond donors (Lipinski definition) is 2. The second kappa shape index (κ2) is 7.90. The van der Waals surface area contributed by atoms with Gasteiger partial charge in [-0.15, -0.1) is 5.10 Å². The number of fused-ring (bicyclic) bond motifs is 1. The molecule has 1 fully saturated rings. The molecule has 3 heterocycles. The summed E-state index contributed by atoms with van der Waals surface area (Å²) in [6, 6.07) is 2.10. The molecule has 1 saturated heterocycles. The van der Waals surface area contributed by atoms with Crippen molar-refractivity contribution in [3.63, 3.8) is 0 Å². The van der Waals surface area contributed by atoms with Crippen LogP contribution >= 0.6 is 0 Å². The van der Waals surface area contributed by atoms with E-state index in [0.717, 1.165) is 18.5 Å². The standard InChI is InChI=1S/C18H25N7O2/c1-4-11(7-19)12-8-21-17-15(16(20)23-25(17)9-12)18(26)22-13-10-24(2)6-5-14(13)27-3/h8-9,11,13-14H,4-6,10H2,1-3H3,(H2,20,23)(H,22,26). The smallest absolute Gasteiger partial charge is 0.259 e. The van der Waals surface area contributed by atoms with Crippen LogP contribution in [0.3, 0.4) is 0 Å². The number of methoxy groups -OCH3 is 1. The lowest BCUT2D eigenvalue weighted by Crippen LogP contribution is -2.54. The van der Waals surface area contributed by atoms with Crippen molar-refractivity contribution in [2.45, 2.75) is 37.8 Å². The Hall–Kier alpha value is -2.70. The summed E-state index contributed by atoms with van der Waals surface area (Å²) in [4.78, 5) is 19.4. The van der Waals surface area contributed by atoms with Gasteiger partial charge in [0.2, 0.25) is 0 Å². The van der Waals surface area contributed by atoms with Crippen molar-refractivity contribution in [3.8, 4) is 6.07 Å². The fourth-order valence-corrected chi connectivity index (χ4v) is 3.52. The summed E-state index contributed by atoms with van der Waals surface area (Å²) < 4.78 is 6.99. The lowest BCUT2D eigenvalue weighted by molar-refractivity contribution is 0.0189. The number of nitriles is 1. The molecule has 3 atom stereocenters. The molecule has 9 nitrogen and oxygen atoms in total. The monoisotopic (exact) mass is 371 g/mol. The average Bonchev–Trinajstić information content (AvgIpc) is 2.98. The molecule has 1 aliphatic rings. The SMILES string of the molecule is CCC(C#N)c1cnc2c(C(=O)NC3CN(C)CCC3OC)c(N)nn2c1. The number of anilines is 1. The number of nitrogens with zero attached hydrogens (tertiary/aromatic N) is 5. The predicted molar refractivity (Wildman–Crippen MR) is 100 cm³/mol. The van der Waals surface area contributed by atoms with E-state index < -0.39 is 0 Å². The Morgan fingerprint density at radius 1 is 1.59 bits per heavy atom. The van der Waals surface area contributed by atoms with Gasteiger partial charge < -0.3 is 20.7 Å². The molecule has 0 spiro atoms. The van der Waals surface area contributed by atoms with Crippen molar-refractivity contribution in [2.75, 3.05) is 33.0 Å². The highest BCUT2D eigenvalue weighted by Crippen LogP contribution is 2.22. The average molecular weight is 371 g/mol. The van der Waals surface area contributed by atoms with Gasteiger partial charge in [-0.1, -0.05) is 6.92 Å². The van der Waals surface area contributed by atoms with Gasteiger partial charge in [-0.05, 0) is 19.9 Å². The van der Waals surface area contributed by atoms with Crippen LogP contribution in [0.2, 0.25) is 0 Å². The molecule has 0 aliphatic carbocycles. The molecule has 3 rings (SSSR count). The van der Waals surface area contributed by atoms with Crippen LogP contribution in [0, 0.1) is 11.3 Å². The maximum atomic E-state index is 12.9. The van der Waals surface area contributed by atoms with E-state index in [-0.39, 0.29) is 35.4 Å². The molecule has 0 saturated carbocycles. The lowest BCUT2D eigenvalue weighted by Gasteiger charge is -2.36. The second-order valence-corrected chi connectivity index (χ2v) is 6.91. The van der Waals surface area contributed by atoms with Crippen LogP contribution in [0.1, 0.15) is 41.6 Å². The van der Waals surface area contributed by atoms with Gasteiger partial charge in [-0.3, -0.25) is 4.79 Å². The van der Waals surface area contributed by atoms with E-state index in [0.29, 0.717) is 18.6 Å². The second-order valence-electron chi connectivity index (χ2n) is 6.91. The molecule has 9 heteroatoms. The third-order valence-corrected chi connectivity index (χ3v) is 5.08. The third-order valence-electron chi connectivity index (χ3n) is 5.08. The molecule has 3 unspecified atom stereocenters. The first-order chi connectivity index (χ1) is 13.0. The minimum absolute atomic E-state index is 0.0475.